The summed E-state index contributed by atoms with van der Waals surface area (Å²) in [6.07, 6.45) is 2.21. The van der Waals surface area contributed by atoms with Crippen LogP contribution in [0.1, 0.15) is 29.5 Å². The van der Waals surface area contributed by atoms with Gasteiger partial charge in [0.15, 0.2) is 0 Å². The van der Waals surface area contributed by atoms with E-state index in [1.54, 1.807) is 0 Å². The third-order valence-corrected chi connectivity index (χ3v) is 4.28. The van der Waals surface area contributed by atoms with Crippen molar-refractivity contribution in [3.8, 4) is 0 Å². The summed E-state index contributed by atoms with van der Waals surface area (Å²) in [6.45, 7) is 5.47. The molecule has 0 saturated carbocycles. The maximum atomic E-state index is 3.56. The summed E-state index contributed by atoms with van der Waals surface area (Å²) >= 11 is 0. The smallest absolute Gasteiger partial charge is 0.0343 e. The van der Waals surface area contributed by atoms with Crippen LogP contribution in [0, 0.1) is 0 Å². The summed E-state index contributed by atoms with van der Waals surface area (Å²) in [5.74, 6) is 0.596. The molecule has 1 aliphatic heterocycles. The van der Waals surface area contributed by atoms with Crippen LogP contribution in [0.5, 0.6) is 0 Å². The van der Waals surface area contributed by atoms with Gasteiger partial charge in [-0.3, -0.25) is 0 Å². The highest BCUT2D eigenvalue weighted by Crippen LogP contribution is 2.25. The van der Waals surface area contributed by atoms with Gasteiger partial charge in [-0.15, -0.1) is 12.4 Å². The Balaban J connectivity index is 0.00000176. The number of anilines is 1. The van der Waals surface area contributed by atoms with Gasteiger partial charge in [-0.2, -0.15) is 0 Å². The van der Waals surface area contributed by atoms with Crippen LogP contribution in [0.15, 0.2) is 48.5 Å². The van der Waals surface area contributed by atoms with E-state index in [4.69, 9.17) is 0 Å². The van der Waals surface area contributed by atoms with E-state index in [0.29, 0.717) is 5.92 Å². The van der Waals surface area contributed by atoms with E-state index in [1.165, 1.54) is 22.4 Å². The summed E-state index contributed by atoms with van der Waals surface area (Å²) in [4.78, 5) is 0. The molecule has 3 heteroatoms. The molecule has 1 heterocycles. The van der Waals surface area contributed by atoms with E-state index in [2.05, 4.69) is 66.1 Å². The van der Waals surface area contributed by atoms with Gasteiger partial charge in [0.2, 0.25) is 0 Å². The number of nitrogens with one attached hydrogen (secondary N) is 2. The highest BCUT2D eigenvalue weighted by atomic mass is 35.5. The molecule has 2 aromatic carbocycles. The van der Waals surface area contributed by atoms with Gasteiger partial charge in [0.1, 0.15) is 0 Å². The lowest BCUT2D eigenvalue weighted by Crippen LogP contribution is -2.18. The van der Waals surface area contributed by atoms with Crippen LogP contribution in [0.4, 0.5) is 5.69 Å². The van der Waals surface area contributed by atoms with Crippen molar-refractivity contribution in [2.45, 2.75) is 25.7 Å². The maximum Gasteiger partial charge on any atom is 0.0343 e. The Morgan fingerprint density at radius 1 is 1.14 bits per heavy atom. The second-order valence-corrected chi connectivity index (χ2v) is 5.93. The summed E-state index contributed by atoms with van der Waals surface area (Å²) in [5, 5.41) is 7.07. The Morgan fingerprint density at radius 3 is 2.77 bits per heavy atom. The molecule has 3 rings (SSSR count). The van der Waals surface area contributed by atoms with E-state index in [-0.39, 0.29) is 12.4 Å². The monoisotopic (exact) mass is 316 g/mol. The molecule has 2 nitrogen and oxygen atoms in total. The number of fused-ring (bicyclic) bond motifs is 1. The minimum atomic E-state index is 0. The van der Waals surface area contributed by atoms with Crippen LogP contribution < -0.4 is 10.6 Å². The van der Waals surface area contributed by atoms with Gasteiger partial charge in [-0.05, 0) is 54.1 Å². The quantitative estimate of drug-likeness (QED) is 0.890. The fraction of sp³-hybridized carbons (Fsp3) is 0.368. The normalized spacial score (nSPS) is 17.0. The van der Waals surface area contributed by atoms with Gasteiger partial charge in [0.25, 0.3) is 0 Å². The van der Waals surface area contributed by atoms with Gasteiger partial charge in [0.05, 0.1) is 0 Å². The lowest BCUT2D eigenvalue weighted by Gasteiger charge is -2.15. The Bertz CT molecular complexity index is 583. The molecule has 2 aromatic rings. The van der Waals surface area contributed by atoms with Gasteiger partial charge in [-0.25, -0.2) is 0 Å². The molecular weight excluding hydrogens is 292 g/mol. The number of halogens is 1. The lowest BCUT2D eigenvalue weighted by atomic mass is 9.95. The molecular formula is C19H25ClN2. The molecule has 2 N–H and O–H groups in total. The largest absolute Gasteiger partial charge is 0.385 e. The van der Waals surface area contributed by atoms with E-state index in [0.717, 1.165) is 32.5 Å². The van der Waals surface area contributed by atoms with E-state index < -0.39 is 0 Å². The van der Waals surface area contributed by atoms with Crippen LogP contribution in [0.3, 0.4) is 0 Å². The molecule has 0 spiro atoms. The highest BCUT2D eigenvalue weighted by Gasteiger charge is 2.14. The predicted octanol–water partition coefficient (Wildman–Crippen LogP) is 4.01. The molecule has 0 amide bonds. The Hall–Kier alpha value is -1.51. The van der Waals surface area contributed by atoms with E-state index in [9.17, 15) is 0 Å². The van der Waals surface area contributed by atoms with Crippen LogP contribution in [-0.4, -0.2) is 19.6 Å². The third kappa shape index (κ3) is 4.25. The number of rotatable bonds is 4. The van der Waals surface area contributed by atoms with Gasteiger partial charge < -0.3 is 10.6 Å². The summed E-state index contributed by atoms with van der Waals surface area (Å²) in [5.41, 5.74) is 5.64. The van der Waals surface area contributed by atoms with Crippen molar-refractivity contribution in [1.82, 2.24) is 5.32 Å². The zero-order valence-electron chi connectivity index (χ0n) is 13.1. The van der Waals surface area contributed by atoms with E-state index >= 15 is 0 Å². The first-order chi connectivity index (χ1) is 10.3. The molecule has 1 atom stereocenters. The van der Waals surface area contributed by atoms with Gasteiger partial charge in [-0.1, -0.05) is 43.3 Å². The first-order valence-electron chi connectivity index (χ1n) is 7.94. The molecule has 1 unspecified atom stereocenters. The summed E-state index contributed by atoms with van der Waals surface area (Å²) in [6, 6.07) is 17.5. The van der Waals surface area contributed by atoms with Gasteiger partial charge in [0, 0.05) is 18.8 Å². The fourth-order valence-corrected chi connectivity index (χ4v) is 3.04. The van der Waals surface area contributed by atoms with Crippen molar-refractivity contribution in [2.24, 2.45) is 0 Å². The number of hydrogen-bond donors (Lipinski definition) is 2. The van der Waals surface area contributed by atoms with Crippen molar-refractivity contribution in [3.05, 3.63) is 65.2 Å². The number of benzene rings is 2. The van der Waals surface area contributed by atoms with Crippen molar-refractivity contribution < 1.29 is 0 Å². The highest BCUT2D eigenvalue weighted by molar-refractivity contribution is 5.85. The molecule has 0 bridgehead atoms. The van der Waals surface area contributed by atoms with Crippen molar-refractivity contribution in [3.63, 3.8) is 0 Å². The van der Waals surface area contributed by atoms with Crippen LogP contribution >= 0.6 is 12.4 Å². The van der Waals surface area contributed by atoms with Crippen LogP contribution in [0.2, 0.25) is 0 Å². The van der Waals surface area contributed by atoms with Crippen molar-refractivity contribution in [2.75, 3.05) is 25.0 Å². The molecule has 0 fully saturated rings. The minimum Gasteiger partial charge on any atom is -0.385 e. The summed E-state index contributed by atoms with van der Waals surface area (Å²) < 4.78 is 0. The fourth-order valence-electron chi connectivity index (χ4n) is 3.04. The van der Waals surface area contributed by atoms with Gasteiger partial charge >= 0.3 is 0 Å². The number of hydrogen-bond acceptors (Lipinski definition) is 2. The maximum absolute atomic E-state index is 3.56. The van der Waals surface area contributed by atoms with Crippen molar-refractivity contribution in [1.29, 1.82) is 0 Å². The Kier molecular flexibility index (Phi) is 6.29. The predicted molar refractivity (Wildman–Crippen MR) is 97.3 cm³/mol. The standard InChI is InChI=1S/C19H24N2.ClH/c1-15-14-20-11-10-17-7-8-18(13-19(15)17)21-12-9-16-5-3-2-4-6-16;/h2-8,13,15,20-21H,9-12,14H2,1H3;1H. The topological polar surface area (TPSA) is 24.1 Å². The zero-order valence-corrected chi connectivity index (χ0v) is 14.0. The first-order valence-corrected chi connectivity index (χ1v) is 7.94. The summed E-state index contributed by atoms with van der Waals surface area (Å²) in [7, 11) is 0. The van der Waals surface area contributed by atoms with Crippen molar-refractivity contribution >= 4 is 18.1 Å². The SMILES string of the molecule is CC1CNCCc2ccc(NCCc3ccccc3)cc21.Cl. The third-order valence-electron chi connectivity index (χ3n) is 4.28. The molecule has 0 radical (unpaired) electrons. The van der Waals surface area contributed by atoms with Crippen LogP contribution in [0.25, 0.3) is 0 Å². The van der Waals surface area contributed by atoms with E-state index in [1.807, 2.05) is 0 Å². The van der Waals surface area contributed by atoms with Crippen LogP contribution in [-0.2, 0) is 12.8 Å². The zero-order chi connectivity index (χ0) is 14.5. The molecule has 0 saturated heterocycles. The average Bonchev–Trinajstić information content (AvgIpc) is 2.70. The molecule has 118 valence electrons. The average molecular weight is 317 g/mol. The second kappa shape index (κ2) is 8.21. The lowest BCUT2D eigenvalue weighted by molar-refractivity contribution is 0.644. The first kappa shape index (κ1) is 16.9. The molecule has 1 aliphatic rings. The minimum absolute atomic E-state index is 0. The molecule has 22 heavy (non-hydrogen) atoms. The second-order valence-electron chi connectivity index (χ2n) is 5.93. The Morgan fingerprint density at radius 2 is 1.95 bits per heavy atom. The molecule has 0 aromatic heterocycles. The Labute approximate surface area is 139 Å². The molecule has 0 aliphatic carbocycles.